The SMILES string of the molecule is CCCOc1cncc(C(O)c2cccc(I)c2)c1. The van der Waals surface area contributed by atoms with Crippen LogP contribution in [0.25, 0.3) is 0 Å². The monoisotopic (exact) mass is 369 g/mol. The highest BCUT2D eigenvalue weighted by Gasteiger charge is 2.12. The highest BCUT2D eigenvalue weighted by Crippen LogP contribution is 2.25. The number of pyridine rings is 1. The van der Waals surface area contributed by atoms with Crippen LogP contribution in [-0.4, -0.2) is 16.7 Å². The van der Waals surface area contributed by atoms with E-state index in [4.69, 9.17) is 4.74 Å². The number of rotatable bonds is 5. The van der Waals surface area contributed by atoms with Gasteiger partial charge in [0, 0.05) is 15.3 Å². The molecule has 0 fully saturated rings. The van der Waals surface area contributed by atoms with Crippen molar-refractivity contribution in [3.63, 3.8) is 0 Å². The van der Waals surface area contributed by atoms with Gasteiger partial charge in [-0.05, 0) is 52.8 Å². The van der Waals surface area contributed by atoms with E-state index in [1.54, 1.807) is 12.4 Å². The second-order valence-corrected chi connectivity index (χ2v) is 5.51. The van der Waals surface area contributed by atoms with Crippen LogP contribution >= 0.6 is 22.6 Å². The van der Waals surface area contributed by atoms with Crippen LogP contribution < -0.4 is 4.74 Å². The molecule has 1 N–H and O–H groups in total. The summed E-state index contributed by atoms with van der Waals surface area (Å²) in [7, 11) is 0. The van der Waals surface area contributed by atoms with Gasteiger partial charge in [0.15, 0.2) is 0 Å². The number of aromatic nitrogens is 1. The number of aliphatic hydroxyl groups excluding tert-OH is 1. The molecule has 2 aromatic rings. The molecule has 1 atom stereocenters. The van der Waals surface area contributed by atoms with Crippen molar-refractivity contribution in [3.8, 4) is 5.75 Å². The van der Waals surface area contributed by atoms with E-state index in [1.165, 1.54) is 0 Å². The van der Waals surface area contributed by atoms with Crippen LogP contribution in [0.2, 0.25) is 0 Å². The van der Waals surface area contributed by atoms with E-state index < -0.39 is 6.10 Å². The molecule has 0 radical (unpaired) electrons. The van der Waals surface area contributed by atoms with Crippen molar-refractivity contribution in [2.24, 2.45) is 0 Å². The minimum atomic E-state index is -0.674. The van der Waals surface area contributed by atoms with Crippen molar-refractivity contribution in [1.82, 2.24) is 4.98 Å². The topological polar surface area (TPSA) is 42.4 Å². The number of benzene rings is 1. The summed E-state index contributed by atoms with van der Waals surface area (Å²) in [5, 5.41) is 10.4. The second-order valence-electron chi connectivity index (χ2n) is 4.26. The smallest absolute Gasteiger partial charge is 0.137 e. The molecule has 1 aromatic carbocycles. The second kappa shape index (κ2) is 6.86. The third-order valence-corrected chi connectivity index (χ3v) is 3.36. The molecule has 0 saturated heterocycles. The van der Waals surface area contributed by atoms with Crippen molar-refractivity contribution in [2.45, 2.75) is 19.4 Å². The highest BCUT2D eigenvalue weighted by atomic mass is 127. The Hall–Kier alpha value is -1.14. The highest BCUT2D eigenvalue weighted by molar-refractivity contribution is 14.1. The number of halogens is 1. The molecular weight excluding hydrogens is 353 g/mol. The lowest BCUT2D eigenvalue weighted by molar-refractivity contribution is 0.218. The lowest BCUT2D eigenvalue weighted by Crippen LogP contribution is -2.02. The van der Waals surface area contributed by atoms with Crippen LogP contribution in [-0.2, 0) is 0 Å². The standard InChI is InChI=1S/C15H16INO2/c1-2-6-19-14-8-12(9-17-10-14)15(18)11-4-3-5-13(16)7-11/h3-5,7-10,15,18H,2,6H2,1H3. The maximum Gasteiger partial charge on any atom is 0.137 e. The van der Waals surface area contributed by atoms with Crippen LogP contribution in [0.3, 0.4) is 0 Å². The Morgan fingerprint density at radius 1 is 1.26 bits per heavy atom. The van der Waals surface area contributed by atoms with Gasteiger partial charge in [0.05, 0.1) is 12.8 Å². The molecule has 0 spiro atoms. The van der Waals surface area contributed by atoms with Crippen LogP contribution in [0.5, 0.6) is 5.75 Å². The largest absolute Gasteiger partial charge is 0.492 e. The van der Waals surface area contributed by atoms with E-state index >= 15 is 0 Å². The number of hydrogen-bond acceptors (Lipinski definition) is 3. The predicted octanol–water partition coefficient (Wildman–Crippen LogP) is 3.56. The molecule has 0 amide bonds. The van der Waals surface area contributed by atoms with E-state index in [1.807, 2.05) is 30.3 Å². The molecule has 0 aliphatic carbocycles. The maximum absolute atomic E-state index is 10.4. The van der Waals surface area contributed by atoms with Crippen LogP contribution in [0.4, 0.5) is 0 Å². The molecule has 1 unspecified atom stereocenters. The minimum absolute atomic E-state index is 0.657. The van der Waals surface area contributed by atoms with Crippen molar-refractivity contribution in [3.05, 3.63) is 57.4 Å². The molecule has 1 aromatic heterocycles. The van der Waals surface area contributed by atoms with Gasteiger partial charge in [0.2, 0.25) is 0 Å². The van der Waals surface area contributed by atoms with Crippen molar-refractivity contribution < 1.29 is 9.84 Å². The fourth-order valence-electron chi connectivity index (χ4n) is 1.75. The zero-order valence-corrected chi connectivity index (χ0v) is 12.9. The van der Waals surface area contributed by atoms with E-state index in [9.17, 15) is 5.11 Å². The summed E-state index contributed by atoms with van der Waals surface area (Å²) in [4.78, 5) is 4.12. The van der Waals surface area contributed by atoms with Gasteiger partial charge in [-0.25, -0.2) is 0 Å². The average molecular weight is 369 g/mol. The first-order chi connectivity index (χ1) is 9.20. The van der Waals surface area contributed by atoms with Gasteiger partial charge in [0.25, 0.3) is 0 Å². The third-order valence-electron chi connectivity index (χ3n) is 2.69. The molecule has 4 heteroatoms. The fourth-order valence-corrected chi connectivity index (χ4v) is 2.32. The molecule has 1 heterocycles. The van der Waals surface area contributed by atoms with E-state index in [2.05, 4.69) is 34.5 Å². The zero-order valence-electron chi connectivity index (χ0n) is 10.7. The molecule has 0 saturated carbocycles. The van der Waals surface area contributed by atoms with Gasteiger partial charge in [-0.15, -0.1) is 0 Å². The van der Waals surface area contributed by atoms with Crippen molar-refractivity contribution in [1.29, 1.82) is 0 Å². The normalized spacial score (nSPS) is 12.2. The molecule has 2 rings (SSSR count). The average Bonchev–Trinajstić information content (AvgIpc) is 2.44. The summed E-state index contributed by atoms with van der Waals surface area (Å²) >= 11 is 2.23. The number of ether oxygens (including phenoxy) is 1. The first-order valence-electron chi connectivity index (χ1n) is 6.22. The predicted molar refractivity (Wildman–Crippen MR) is 83.2 cm³/mol. The molecule has 0 aliphatic rings. The van der Waals surface area contributed by atoms with Crippen molar-refractivity contribution in [2.75, 3.05) is 6.61 Å². The molecule has 0 aliphatic heterocycles. The Bertz CT molecular complexity index is 545. The van der Waals surface area contributed by atoms with Crippen LogP contribution in [0.1, 0.15) is 30.6 Å². The van der Waals surface area contributed by atoms with Crippen LogP contribution in [0.15, 0.2) is 42.7 Å². The summed E-state index contributed by atoms with van der Waals surface area (Å²) in [5.41, 5.74) is 1.61. The zero-order chi connectivity index (χ0) is 13.7. The Morgan fingerprint density at radius 3 is 2.84 bits per heavy atom. The molecule has 3 nitrogen and oxygen atoms in total. The van der Waals surface area contributed by atoms with Gasteiger partial charge < -0.3 is 9.84 Å². The Balaban J connectivity index is 2.21. The van der Waals surface area contributed by atoms with E-state index in [0.717, 1.165) is 21.1 Å². The Labute approximate surface area is 126 Å². The van der Waals surface area contributed by atoms with Crippen LogP contribution in [0, 0.1) is 3.57 Å². The molecule has 19 heavy (non-hydrogen) atoms. The summed E-state index contributed by atoms with van der Waals surface area (Å²) in [6.07, 6.45) is 3.61. The Morgan fingerprint density at radius 2 is 2.11 bits per heavy atom. The summed E-state index contributed by atoms with van der Waals surface area (Å²) in [5.74, 6) is 0.698. The quantitative estimate of drug-likeness (QED) is 0.820. The fraction of sp³-hybridized carbons (Fsp3) is 0.267. The number of hydrogen-bond donors (Lipinski definition) is 1. The third kappa shape index (κ3) is 3.91. The molecule has 100 valence electrons. The van der Waals surface area contributed by atoms with Crippen molar-refractivity contribution >= 4 is 22.6 Å². The number of aliphatic hydroxyl groups is 1. The van der Waals surface area contributed by atoms with Gasteiger partial charge in [-0.2, -0.15) is 0 Å². The first-order valence-corrected chi connectivity index (χ1v) is 7.30. The minimum Gasteiger partial charge on any atom is -0.492 e. The lowest BCUT2D eigenvalue weighted by atomic mass is 10.0. The summed E-state index contributed by atoms with van der Waals surface area (Å²) in [6.45, 7) is 2.71. The van der Waals surface area contributed by atoms with Gasteiger partial charge in [-0.1, -0.05) is 19.1 Å². The van der Waals surface area contributed by atoms with Gasteiger partial charge in [0.1, 0.15) is 11.9 Å². The molecule has 0 bridgehead atoms. The van der Waals surface area contributed by atoms with E-state index in [0.29, 0.717) is 12.4 Å². The van der Waals surface area contributed by atoms with E-state index in [-0.39, 0.29) is 0 Å². The summed E-state index contributed by atoms with van der Waals surface area (Å²) < 4.78 is 6.63. The molecular formula is C15H16INO2. The maximum atomic E-state index is 10.4. The van der Waals surface area contributed by atoms with Gasteiger partial charge in [-0.3, -0.25) is 4.98 Å². The first kappa shape index (κ1) is 14.3. The Kier molecular flexibility index (Phi) is 5.15. The lowest BCUT2D eigenvalue weighted by Gasteiger charge is -2.13. The number of nitrogens with zero attached hydrogens (tertiary/aromatic N) is 1. The summed E-state index contributed by atoms with van der Waals surface area (Å²) in [6, 6.07) is 9.64. The van der Waals surface area contributed by atoms with Gasteiger partial charge >= 0.3 is 0 Å².